The first kappa shape index (κ1) is 16.0. The zero-order valence-corrected chi connectivity index (χ0v) is 13.5. The molecule has 0 saturated carbocycles. The average molecular weight is 377 g/mol. The molecule has 7 heteroatoms. The van der Waals surface area contributed by atoms with E-state index in [1.165, 1.54) is 0 Å². The minimum absolute atomic E-state index is 0.0220. The summed E-state index contributed by atoms with van der Waals surface area (Å²) in [5.41, 5.74) is 0.589. The van der Waals surface area contributed by atoms with Crippen molar-refractivity contribution in [3.8, 4) is 0 Å². The van der Waals surface area contributed by atoms with E-state index in [1.807, 2.05) is 6.92 Å². The molecule has 0 amide bonds. The van der Waals surface area contributed by atoms with Crippen LogP contribution in [0.5, 0.6) is 0 Å². The molecule has 112 valence electrons. The van der Waals surface area contributed by atoms with Gasteiger partial charge in [0, 0.05) is 22.8 Å². The van der Waals surface area contributed by atoms with Crippen molar-refractivity contribution in [2.45, 2.75) is 13.3 Å². The molecule has 1 aromatic heterocycles. The van der Waals surface area contributed by atoms with E-state index in [4.69, 9.17) is 11.6 Å². The summed E-state index contributed by atoms with van der Waals surface area (Å²) >= 11 is 9.17. The molecule has 0 saturated heterocycles. The fraction of sp³-hybridized carbons (Fsp3) is 0.214. The maximum absolute atomic E-state index is 13.8. The van der Waals surface area contributed by atoms with Crippen LogP contribution in [0.1, 0.15) is 13.3 Å². The number of rotatable bonds is 5. The van der Waals surface area contributed by atoms with Gasteiger partial charge in [-0.3, -0.25) is 0 Å². The molecule has 2 rings (SSSR count). The maximum Gasteiger partial charge on any atom is 0.169 e. The molecule has 0 unspecified atom stereocenters. The third-order valence-corrected chi connectivity index (χ3v) is 3.87. The van der Waals surface area contributed by atoms with Gasteiger partial charge in [-0.1, -0.05) is 18.5 Å². The van der Waals surface area contributed by atoms with Gasteiger partial charge in [0.15, 0.2) is 23.3 Å². The van der Waals surface area contributed by atoms with Crippen LogP contribution in [0.2, 0.25) is 5.02 Å². The highest BCUT2D eigenvalue weighted by atomic mass is 79.9. The van der Waals surface area contributed by atoms with Gasteiger partial charge >= 0.3 is 0 Å². The summed E-state index contributed by atoms with van der Waals surface area (Å²) in [6.07, 6.45) is 0.811. The van der Waals surface area contributed by atoms with Gasteiger partial charge in [-0.25, -0.2) is 13.8 Å². The van der Waals surface area contributed by atoms with Crippen molar-refractivity contribution in [2.75, 3.05) is 17.2 Å². The third kappa shape index (κ3) is 4.04. The van der Waals surface area contributed by atoms with Crippen LogP contribution in [0.3, 0.4) is 0 Å². The van der Waals surface area contributed by atoms with Crippen molar-refractivity contribution in [2.24, 2.45) is 0 Å². The van der Waals surface area contributed by atoms with Gasteiger partial charge in [0.05, 0.1) is 5.02 Å². The Balaban J connectivity index is 2.28. The van der Waals surface area contributed by atoms with Gasteiger partial charge in [0.1, 0.15) is 0 Å². The molecule has 0 aliphatic heterocycles. The number of nitrogens with zero attached hydrogens (tertiary/aromatic N) is 1. The molecule has 2 N–H and O–H groups in total. The molecule has 0 aliphatic rings. The van der Waals surface area contributed by atoms with Crippen LogP contribution in [-0.2, 0) is 0 Å². The highest BCUT2D eigenvalue weighted by Gasteiger charge is 2.12. The van der Waals surface area contributed by atoms with Gasteiger partial charge < -0.3 is 10.6 Å². The fourth-order valence-corrected chi connectivity index (χ4v) is 2.13. The smallest absolute Gasteiger partial charge is 0.169 e. The second kappa shape index (κ2) is 7.04. The van der Waals surface area contributed by atoms with Crippen molar-refractivity contribution in [3.05, 3.63) is 45.4 Å². The Morgan fingerprint density at radius 3 is 2.57 bits per heavy atom. The van der Waals surface area contributed by atoms with E-state index in [9.17, 15) is 8.78 Å². The van der Waals surface area contributed by atoms with E-state index < -0.39 is 11.6 Å². The van der Waals surface area contributed by atoms with Crippen LogP contribution in [0.25, 0.3) is 0 Å². The van der Waals surface area contributed by atoms with Crippen LogP contribution >= 0.6 is 27.5 Å². The van der Waals surface area contributed by atoms with Gasteiger partial charge in [0.25, 0.3) is 0 Å². The maximum atomic E-state index is 13.8. The lowest BCUT2D eigenvalue weighted by Crippen LogP contribution is -2.07. The first-order valence-corrected chi connectivity index (χ1v) is 7.50. The molecule has 0 fully saturated rings. The number of halogens is 4. The van der Waals surface area contributed by atoms with E-state index >= 15 is 0 Å². The molecule has 0 radical (unpaired) electrons. The predicted molar refractivity (Wildman–Crippen MR) is 85.4 cm³/mol. The van der Waals surface area contributed by atoms with Gasteiger partial charge in [-0.2, -0.15) is 0 Å². The second-order valence-electron chi connectivity index (χ2n) is 4.33. The van der Waals surface area contributed by atoms with Crippen LogP contribution in [-0.4, -0.2) is 11.5 Å². The monoisotopic (exact) mass is 375 g/mol. The van der Waals surface area contributed by atoms with E-state index in [2.05, 4.69) is 31.5 Å². The van der Waals surface area contributed by atoms with Crippen LogP contribution in [0, 0.1) is 11.6 Å². The number of benzene rings is 1. The van der Waals surface area contributed by atoms with Crippen LogP contribution in [0.15, 0.2) is 28.7 Å². The Kier molecular flexibility index (Phi) is 5.36. The molecule has 0 spiro atoms. The van der Waals surface area contributed by atoms with E-state index in [-0.39, 0.29) is 11.6 Å². The van der Waals surface area contributed by atoms with Crippen LogP contribution < -0.4 is 10.6 Å². The summed E-state index contributed by atoms with van der Waals surface area (Å²) in [7, 11) is 0. The zero-order valence-electron chi connectivity index (χ0n) is 11.2. The van der Waals surface area contributed by atoms with Crippen molar-refractivity contribution < 1.29 is 8.78 Å². The van der Waals surface area contributed by atoms with E-state index in [1.54, 1.807) is 18.2 Å². The Labute approximate surface area is 134 Å². The largest absolute Gasteiger partial charge is 0.368 e. The summed E-state index contributed by atoms with van der Waals surface area (Å²) in [5.74, 6) is -1.51. The summed E-state index contributed by atoms with van der Waals surface area (Å²) in [4.78, 5) is 3.94. The summed E-state index contributed by atoms with van der Waals surface area (Å²) in [6, 6.07) is 5.83. The van der Waals surface area contributed by atoms with Crippen molar-refractivity contribution in [1.29, 1.82) is 0 Å². The first-order valence-electron chi connectivity index (χ1n) is 6.33. The standard InChI is InChI=1S/C14H13BrClF2N3/c1-2-5-19-13-11(17)7-12(18)14(21-13)20-8-3-4-10(16)9(15)6-8/h3-4,6-7H,2,5H2,1H3,(H2,19,20,21). The SMILES string of the molecule is CCCNc1nc(Nc2ccc(Cl)c(Br)c2)c(F)cc1F. The van der Waals surface area contributed by atoms with Gasteiger partial charge in [-0.15, -0.1) is 0 Å². The zero-order chi connectivity index (χ0) is 15.4. The fourth-order valence-electron chi connectivity index (χ4n) is 1.63. The number of aromatic nitrogens is 1. The normalized spacial score (nSPS) is 10.5. The quantitative estimate of drug-likeness (QED) is 0.739. The molecule has 0 atom stereocenters. The van der Waals surface area contributed by atoms with Crippen molar-refractivity contribution in [1.82, 2.24) is 4.98 Å². The molecule has 1 heterocycles. The van der Waals surface area contributed by atoms with Crippen molar-refractivity contribution >= 4 is 44.9 Å². The first-order chi connectivity index (χ1) is 10.0. The number of anilines is 3. The molecule has 1 aromatic carbocycles. The number of pyridine rings is 1. The minimum Gasteiger partial charge on any atom is -0.368 e. The van der Waals surface area contributed by atoms with Gasteiger partial charge in [-0.05, 0) is 40.5 Å². The molecule has 0 aliphatic carbocycles. The highest BCUT2D eigenvalue weighted by molar-refractivity contribution is 9.10. The Hall–Kier alpha value is -1.40. The lowest BCUT2D eigenvalue weighted by molar-refractivity contribution is 0.579. The minimum atomic E-state index is -0.763. The molecule has 0 bridgehead atoms. The second-order valence-corrected chi connectivity index (χ2v) is 5.59. The Morgan fingerprint density at radius 1 is 1.19 bits per heavy atom. The third-order valence-electron chi connectivity index (χ3n) is 2.65. The van der Waals surface area contributed by atoms with Crippen molar-refractivity contribution in [3.63, 3.8) is 0 Å². The average Bonchev–Trinajstić information content (AvgIpc) is 2.44. The number of hydrogen-bond donors (Lipinski definition) is 2. The summed E-state index contributed by atoms with van der Waals surface area (Å²) < 4.78 is 28.0. The summed E-state index contributed by atoms with van der Waals surface area (Å²) in [6.45, 7) is 2.50. The topological polar surface area (TPSA) is 37.0 Å². The summed E-state index contributed by atoms with van der Waals surface area (Å²) in [5, 5.41) is 6.16. The number of nitrogens with one attached hydrogen (secondary N) is 2. The predicted octanol–water partition coefficient (Wildman–Crippen LogP) is 5.34. The Morgan fingerprint density at radius 2 is 1.90 bits per heavy atom. The molecule has 3 nitrogen and oxygen atoms in total. The molecular formula is C14H13BrClF2N3. The van der Waals surface area contributed by atoms with E-state index in [0.29, 0.717) is 21.7 Å². The Bertz CT molecular complexity index is 652. The molecular weight excluding hydrogens is 364 g/mol. The molecule has 2 aromatic rings. The highest BCUT2D eigenvalue weighted by Crippen LogP contribution is 2.28. The van der Waals surface area contributed by atoms with Crippen LogP contribution in [0.4, 0.5) is 26.1 Å². The lowest BCUT2D eigenvalue weighted by atomic mass is 10.3. The van der Waals surface area contributed by atoms with E-state index in [0.717, 1.165) is 12.5 Å². The lowest BCUT2D eigenvalue weighted by Gasteiger charge is -2.11. The van der Waals surface area contributed by atoms with Gasteiger partial charge in [0.2, 0.25) is 0 Å². The molecule has 21 heavy (non-hydrogen) atoms. The number of hydrogen-bond acceptors (Lipinski definition) is 3.